The molecule has 0 aliphatic rings. The Bertz CT molecular complexity index is 661. The highest BCUT2D eigenvalue weighted by molar-refractivity contribution is 9.10. The summed E-state index contributed by atoms with van der Waals surface area (Å²) >= 11 is 6.69. The molecule has 0 heterocycles. The molecule has 2 rings (SSSR count). The van der Waals surface area contributed by atoms with Crippen LogP contribution in [0.3, 0.4) is 0 Å². The van der Waals surface area contributed by atoms with Crippen LogP contribution >= 0.6 is 31.9 Å². The van der Waals surface area contributed by atoms with Gasteiger partial charge in [0.15, 0.2) is 5.78 Å². The van der Waals surface area contributed by atoms with Crippen LogP contribution < -0.4 is 0 Å². The van der Waals surface area contributed by atoms with Gasteiger partial charge < -0.3 is 0 Å². The average Bonchev–Trinajstić information content (AvgIpc) is 2.40. The molecule has 0 N–H and O–H groups in total. The second kappa shape index (κ2) is 6.14. The molecular formula is C15H9Br2NO. The maximum absolute atomic E-state index is 12.4. The molecule has 2 nitrogen and oxygen atoms in total. The van der Waals surface area contributed by atoms with Crippen LogP contribution in [-0.2, 0) is 0 Å². The van der Waals surface area contributed by atoms with Crippen molar-refractivity contribution in [2.75, 3.05) is 0 Å². The van der Waals surface area contributed by atoms with Gasteiger partial charge in [-0.3, -0.25) is 4.79 Å². The lowest BCUT2D eigenvalue weighted by Crippen LogP contribution is -2.11. The standard InChI is InChI=1S/C15H9Br2NO/c16-11-5-3-4-10(8-11)13(9-18)15(19)12-6-1-2-7-14(12)17/h1-8,13H. The average molecular weight is 379 g/mol. The third kappa shape index (κ3) is 3.12. The molecule has 0 amide bonds. The minimum absolute atomic E-state index is 0.201. The number of nitrogens with zero attached hydrogens (tertiary/aromatic N) is 1. The van der Waals surface area contributed by atoms with Crippen molar-refractivity contribution < 1.29 is 4.79 Å². The Hall–Kier alpha value is -1.44. The summed E-state index contributed by atoms with van der Waals surface area (Å²) in [6.07, 6.45) is 0. The first-order chi connectivity index (χ1) is 9.13. The third-order valence-corrected chi connectivity index (χ3v) is 3.90. The Balaban J connectivity index is 2.42. The van der Waals surface area contributed by atoms with Crippen LogP contribution in [0.2, 0.25) is 0 Å². The molecule has 1 atom stereocenters. The molecule has 0 aliphatic heterocycles. The van der Waals surface area contributed by atoms with E-state index >= 15 is 0 Å². The zero-order valence-electron chi connectivity index (χ0n) is 9.81. The summed E-state index contributed by atoms with van der Waals surface area (Å²) in [6.45, 7) is 0. The van der Waals surface area contributed by atoms with E-state index in [0.717, 1.165) is 4.47 Å². The minimum Gasteiger partial charge on any atom is -0.292 e. The molecule has 0 saturated carbocycles. The van der Waals surface area contributed by atoms with E-state index in [2.05, 4.69) is 37.9 Å². The highest BCUT2D eigenvalue weighted by Crippen LogP contribution is 2.26. The fourth-order valence-corrected chi connectivity index (χ4v) is 2.68. The molecule has 0 saturated heterocycles. The Labute approximate surface area is 128 Å². The van der Waals surface area contributed by atoms with Gasteiger partial charge in [0.2, 0.25) is 0 Å². The lowest BCUT2D eigenvalue weighted by atomic mass is 9.92. The maximum atomic E-state index is 12.4. The SMILES string of the molecule is N#CC(C(=O)c1ccccc1Br)c1cccc(Br)c1. The normalized spacial score (nSPS) is 11.6. The molecule has 94 valence electrons. The summed E-state index contributed by atoms with van der Waals surface area (Å²) in [7, 11) is 0. The van der Waals surface area contributed by atoms with Crippen molar-refractivity contribution >= 4 is 37.6 Å². The lowest BCUT2D eigenvalue weighted by Gasteiger charge is -2.10. The Morgan fingerprint density at radius 1 is 1.11 bits per heavy atom. The largest absolute Gasteiger partial charge is 0.292 e. The van der Waals surface area contributed by atoms with Gasteiger partial charge in [0.25, 0.3) is 0 Å². The second-order valence-electron chi connectivity index (χ2n) is 3.96. The van der Waals surface area contributed by atoms with Gasteiger partial charge in [-0.1, -0.05) is 62.2 Å². The van der Waals surface area contributed by atoms with Crippen LogP contribution in [0.1, 0.15) is 21.8 Å². The monoisotopic (exact) mass is 377 g/mol. The van der Waals surface area contributed by atoms with E-state index < -0.39 is 5.92 Å². The number of nitriles is 1. The van der Waals surface area contributed by atoms with Gasteiger partial charge in [-0.05, 0) is 23.8 Å². The fraction of sp³-hybridized carbons (Fsp3) is 0.0667. The topological polar surface area (TPSA) is 40.9 Å². The van der Waals surface area contributed by atoms with Crippen LogP contribution in [0.15, 0.2) is 57.5 Å². The third-order valence-electron chi connectivity index (χ3n) is 2.71. The maximum Gasteiger partial charge on any atom is 0.185 e. The van der Waals surface area contributed by atoms with E-state index in [1.54, 1.807) is 30.3 Å². The first kappa shape index (κ1) is 14.0. The second-order valence-corrected chi connectivity index (χ2v) is 5.73. The Morgan fingerprint density at radius 3 is 2.47 bits per heavy atom. The van der Waals surface area contributed by atoms with E-state index in [1.165, 1.54) is 0 Å². The number of carbonyl (C=O) groups excluding carboxylic acids is 1. The molecule has 0 radical (unpaired) electrons. The molecule has 0 bridgehead atoms. The van der Waals surface area contributed by atoms with Crippen molar-refractivity contribution in [3.8, 4) is 6.07 Å². The van der Waals surface area contributed by atoms with Crippen molar-refractivity contribution in [3.63, 3.8) is 0 Å². The molecule has 0 spiro atoms. The number of hydrogen-bond acceptors (Lipinski definition) is 2. The Kier molecular flexibility index (Phi) is 4.52. The van der Waals surface area contributed by atoms with Gasteiger partial charge in [-0.15, -0.1) is 0 Å². The highest BCUT2D eigenvalue weighted by Gasteiger charge is 2.23. The molecule has 4 heteroatoms. The van der Waals surface area contributed by atoms with E-state index in [9.17, 15) is 10.1 Å². The van der Waals surface area contributed by atoms with E-state index in [0.29, 0.717) is 15.6 Å². The van der Waals surface area contributed by atoms with E-state index in [-0.39, 0.29) is 5.78 Å². The molecule has 1 unspecified atom stereocenters. The molecule has 2 aromatic rings. The highest BCUT2D eigenvalue weighted by atomic mass is 79.9. The predicted molar refractivity (Wildman–Crippen MR) is 81.0 cm³/mol. The summed E-state index contributed by atoms with van der Waals surface area (Å²) in [5, 5.41) is 9.29. The van der Waals surface area contributed by atoms with Crippen molar-refractivity contribution in [3.05, 3.63) is 68.6 Å². The first-order valence-electron chi connectivity index (χ1n) is 5.57. The fourth-order valence-electron chi connectivity index (χ4n) is 1.79. The summed E-state index contributed by atoms with van der Waals surface area (Å²) in [4.78, 5) is 12.4. The van der Waals surface area contributed by atoms with Gasteiger partial charge >= 0.3 is 0 Å². The molecule has 2 aromatic carbocycles. The van der Waals surface area contributed by atoms with Crippen molar-refractivity contribution in [2.45, 2.75) is 5.92 Å². The summed E-state index contributed by atoms with van der Waals surface area (Å²) in [6, 6.07) is 16.5. The molecule has 0 fully saturated rings. The van der Waals surface area contributed by atoms with Gasteiger partial charge in [0.05, 0.1) is 6.07 Å². The summed E-state index contributed by atoms with van der Waals surface area (Å²) in [5.41, 5.74) is 1.21. The van der Waals surface area contributed by atoms with Gasteiger partial charge in [0, 0.05) is 14.5 Å². The van der Waals surface area contributed by atoms with Crippen LogP contribution in [0, 0.1) is 11.3 Å². The molecule has 19 heavy (non-hydrogen) atoms. The van der Waals surface area contributed by atoms with E-state index in [4.69, 9.17) is 0 Å². The first-order valence-corrected chi connectivity index (χ1v) is 7.16. The zero-order chi connectivity index (χ0) is 13.8. The number of rotatable bonds is 3. The predicted octanol–water partition coefficient (Wildman–Crippen LogP) is 4.70. The Morgan fingerprint density at radius 2 is 1.84 bits per heavy atom. The van der Waals surface area contributed by atoms with Crippen molar-refractivity contribution in [1.82, 2.24) is 0 Å². The van der Waals surface area contributed by atoms with Crippen LogP contribution in [-0.4, -0.2) is 5.78 Å². The van der Waals surface area contributed by atoms with Crippen LogP contribution in [0.4, 0.5) is 0 Å². The molecule has 0 aromatic heterocycles. The number of halogens is 2. The number of ketones is 1. The summed E-state index contributed by atoms with van der Waals surface area (Å²) in [5.74, 6) is -0.996. The van der Waals surface area contributed by atoms with Gasteiger partial charge in [-0.25, -0.2) is 0 Å². The van der Waals surface area contributed by atoms with E-state index in [1.807, 2.05) is 18.2 Å². The van der Waals surface area contributed by atoms with Crippen molar-refractivity contribution in [2.24, 2.45) is 0 Å². The summed E-state index contributed by atoms with van der Waals surface area (Å²) < 4.78 is 1.56. The zero-order valence-corrected chi connectivity index (χ0v) is 13.0. The molecular weight excluding hydrogens is 370 g/mol. The van der Waals surface area contributed by atoms with Crippen molar-refractivity contribution in [1.29, 1.82) is 5.26 Å². The quantitative estimate of drug-likeness (QED) is 0.726. The number of hydrogen-bond donors (Lipinski definition) is 0. The number of carbonyl (C=O) groups is 1. The minimum atomic E-state index is -0.795. The van der Waals surface area contributed by atoms with Gasteiger partial charge in [-0.2, -0.15) is 5.26 Å². The molecule has 0 aliphatic carbocycles. The van der Waals surface area contributed by atoms with Gasteiger partial charge in [0.1, 0.15) is 5.92 Å². The van der Waals surface area contributed by atoms with Crippen LogP contribution in [0.5, 0.6) is 0 Å². The number of benzene rings is 2. The van der Waals surface area contributed by atoms with Crippen LogP contribution in [0.25, 0.3) is 0 Å². The lowest BCUT2D eigenvalue weighted by molar-refractivity contribution is 0.0978. The smallest absolute Gasteiger partial charge is 0.185 e. The number of Topliss-reactive ketones (excluding diaryl/α,β-unsaturated/α-hetero) is 1.